The van der Waals surface area contributed by atoms with Gasteiger partial charge in [-0.25, -0.2) is 0 Å². The zero-order valence-corrected chi connectivity index (χ0v) is 12.6. The van der Waals surface area contributed by atoms with Gasteiger partial charge in [-0.2, -0.15) is 0 Å². The molecular formula is C11H24BrO3P. The molecule has 16 heavy (non-hydrogen) atoms. The van der Waals surface area contributed by atoms with Crippen molar-refractivity contribution < 1.29 is 13.9 Å². The smallest absolute Gasteiger partial charge is 0.328 e. The molecule has 5 heteroatoms. The Morgan fingerprint density at radius 2 is 1.50 bits per heavy atom. The van der Waals surface area contributed by atoms with Crippen LogP contribution in [0.25, 0.3) is 0 Å². The van der Waals surface area contributed by atoms with Crippen LogP contribution in [-0.2, 0) is 9.05 Å². The third kappa shape index (κ3) is 12.9. The molecule has 3 nitrogen and oxygen atoms in total. The molecule has 0 amide bonds. The Labute approximate surface area is 109 Å². The second kappa shape index (κ2) is 13.9. The largest absolute Gasteiger partial charge is 0.329 e. The van der Waals surface area contributed by atoms with Crippen molar-refractivity contribution in [3.8, 4) is 0 Å². The Balaban J connectivity index is 3.06. The van der Waals surface area contributed by atoms with Crippen LogP contribution in [0.15, 0.2) is 0 Å². The number of unbranched alkanes of at least 4 members (excludes halogenated alkanes) is 5. The molecule has 0 bridgehead atoms. The molecule has 0 radical (unpaired) electrons. The molecule has 0 saturated heterocycles. The molecule has 1 unspecified atom stereocenters. The van der Waals surface area contributed by atoms with Crippen LogP contribution < -0.4 is 0 Å². The summed E-state index contributed by atoms with van der Waals surface area (Å²) in [7, 11) is -1.64. The van der Waals surface area contributed by atoms with Gasteiger partial charge in [0.15, 0.2) is 0 Å². The number of hydrogen-bond acceptors (Lipinski definition) is 3. The van der Waals surface area contributed by atoms with E-state index in [0.717, 1.165) is 18.2 Å². The second-order valence-electron chi connectivity index (χ2n) is 3.71. The quantitative estimate of drug-likeness (QED) is 0.330. The topological polar surface area (TPSA) is 38.7 Å². The van der Waals surface area contributed by atoms with Gasteiger partial charge >= 0.3 is 8.60 Å². The minimum absolute atomic E-state index is 0.559. The van der Waals surface area contributed by atoms with E-state index in [0.29, 0.717) is 13.2 Å². The lowest BCUT2D eigenvalue weighted by Crippen LogP contribution is -1.95. The molecule has 0 aliphatic carbocycles. The molecule has 0 fully saturated rings. The summed E-state index contributed by atoms with van der Waals surface area (Å²) >= 11 is 3.30. The van der Waals surface area contributed by atoms with Crippen LogP contribution in [0.3, 0.4) is 0 Å². The molecule has 0 heterocycles. The van der Waals surface area contributed by atoms with E-state index in [1.54, 1.807) is 0 Å². The summed E-state index contributed by atoms with van der Waals surface area (Å²) in [6, 6.07) is 0. The van der Waals surface area contributed by atoms with Crippen LogP contribution in [0.5, 0.6) is 0 Å². The summed E-state index contributed by atoms with van der Waals surface area (Å²) in [4.78, 5) is 9.32. The summed E-state index contributed by atoms with van der Waals surface area (Å²) in [5.74, 6) is 0. The van der Waals surface area contributed by atoms with Crippen LogP contribution in [0.2, 0.25) is 0 Å². The van der Waals surface area contributed by atoms with Crippen molar-refractivity contribution in [1.29, 1.82) is 0 Å². The molecule has 0 rings (SSSR count). The normalized spacial score (nSPS) is 12.9. The van der Waals surface area contributed by atoms with Crippen LogP contribution in [0, 0.1) is 0 Å². The molecule has 1 atom stereocenters. The highest BCUT2D eigenvalue weighted by Crippen LogP contribution is 2.32. The molecular weight excluding hydrogens is 291 g/mol. The summed E-state index contributed by atoms with van der Waals surface area (Å²) < 4.78 is 10.3. The maximum atomic E-state index is 9.32. The van der Waals surface area contributed by atoms with Crippen molar-refractivity contribution in [1.82, 2.24) is 0 Å². The van der Waals surface area contributed by atoms with Gasteiger partial charge in [0.2, 0.25) is 0 Å². The van der Waals surface area contributed by atoms with E-state index >= 15 is 0 Å². The molecule has 0 spiro atoms. The van der Waals surface area contributed by atoms with Crippen LogP contribution in [-0.4, -0.2) is 23.4 Å². The van der Waals surface area contributed by atoms with E-state index < -0.39 is 8.60 Å². The lowest BCUT2D eigenvalue weighted by Gasteiger charge is -2.09. The number of rotatable bonds is 12. The maximum absolute atomic E-state index is 9.32. The van der Waals surface area contributed by atoms with Gasteiger partial charge in [0.25, 0.3) is 0 Å². The summed E-state index contributed by atoms with van der Waals surface area (Å²) in [6.07, 6.45) is 8.29. The monoisotopic (exact) mass is 314 g/mol. The van der Waals surface area contributed by atoms with Crippen molar-refractivity contribution in [2.24, 2.45) is 0 Å². The summed E-state index contributed by atoms with van der Waals surface area (Å²) in [6.45, 7) is 3.39. The number of hydrogen-bond donors (Lipinski definition) is 1. The first-order chi connectivity index (χ1) is 7.81. The van der Waals surface area contributed by atoms with Crippen molar-refractivity contribution in [2.45, 2.75) is 51.9 Å². The van der Waals surface area contributed by atoms with Gasteiger partial charge in [-0.05, 0) is 12.8 Å². The minimum atomic E-state index is -1.64. The molecule has 0 saturated carbocycles. The molecule has 0 aliphatic heterocycles. The highest BCUT2D eigenvalue weighted by Gasteiger charge is 2.05. The molecule has 0 aromatic rings. The molecule has 1 N–H and O–H groups in total. The Kier molecular flexibility index (Phi) is 14.5. The number of alkyl halides is 1. The fourth-order valence-corrected chi connectivity index (χ4v) is 2.13. The second-order valence-corrected chi connectivity index (χ2v) is 5.50. The van der Waals surface area contributed by atoms with E-state index in [4.69, 9.17) is 9.05 Å². The Morgan fingerprint density at radius 3 is 2.12 bits per heavy atom. The highest BCUT2D eigenvalue weighted by molar-refractivity contribution is 9.09. The maximum Gasteiger partial charge on any atom is 0.329 e. The van der Waals surface area contributed by atoms with E-state index in [9.17, 15) is 4.89 Å². The van der Waals surface area contributed by atoms with E-state index in [-0.39, 0.29) is 0 Å². The molecule has 98 valence electrons. The van der Waals surface area contributed by atoms with Crippen LogP contribution in [0.1, 0.15) is 51.9 Å². The molecule has 0 aromatic heterocycles. The SMILES string of the molecule is CCCCCCCCOP(O)OCCCBr. The highest BCUT2D eigenvalue weighted by atomic mass is 79.9. The standard InChI is InChI=1S/C11H24BrO3P/c1-2-3-4-5-6-7-10-14-16(13)15-11-8-9-12/h13H,2-11H2,1H3. The Hall–Kier alpha value is 0.790. The van der Waals surface area contributed by atoms with Crippen molar-refractivity contribution >= 4 is 24.5 Å². The Bertz CT molecular complexity index is 138. The minimum Gasteiger partial charge on any atom is -0.328 e. The first-order valence-electron chi connectivity index (χ1n) is 6.12. The molecule has 0 aliphatic rings. The lowest BCUT2D eigenvalue weighted by molar-refractivity contribution is 0.197. The van der Waals surface area contributed by atoms with Crippen LogP contribution in [0.4, 0.5) is 0 Å². The van der Waals surface area contributed by atoms with Crippen molar-refractivity contribution in [3.05, 3.63) is 0 Å². The van der Waals surface area contributed by atoms with Crippen molar-refractivity contribution in [2.75, 3.05) is 18.5 Å². The zero-order valence-electron chi connectivity index (χ0n) is 10.2. The van der Waals surface area contributed by atoms with Gasteiger partial charge in [0.1, 0.15) is 0 Å². The van der Waals surface area contributed by atoms with Gasteiger partial charge in [0.05, 0.1) is 13.2 Å². The Morgan fingerprint density at radius 1 is 0.938 bits per heavy atom. The first-order valence-corrected chi connectivity index (χ1v) is 8.37. The van der Waals surface area contributed by atoms with Gasteiger partial charge in [0, 0.05) is 5.33 Å². The first kappa shape index (κ1) is 16.8. The summed E-state index contributed by atoms with van der Waals surface area (Å²) in [5.41, 5.74) is 0. The predicted octanol–water partition coefficient (Wildman–Crippen LogP) is 4.38. The molecule has 0 aromatic carbocycles. The van der Waals surface area contributed by atoms with Gasteiger partial charge < -0.3 is 13.9 Å². The summed E-state index contributed by atoms with van der Waals surface area (Å²) in [5, 5.41) is 0.896. The van der Waals surface area contributed by atoms with Gasteiger partial charge in [-0.15, -0.1) is 0 Å². The lowest BCUT2D eigenvalue weighted by atomic mass is 10.1. The van der Waals surface area contributed by atoms with Crippen molar-refractivity contribution in [3.63, 3.8) is 0 Å². The van der Waals surface area contributed by atoms with E-state index in [2.05, 4.69) is 22.9 Å². The number of halogens is 1. The zero-order chi connectivity index (χ0) is 12.1. The average molecular weight is 315 g/mol. The third-order valence-corrected chi connectivity index (χ3v) is 3.55. The van der Waals surface area contributed by atoms with Gasteiger partial charge in [-0.3, -0.25) is 0 Å². The van der Waals surface area contributed by atoms with Crippen LogP contribution >= 0.6 is 24.5 Å². The van der Waals surface area contributed by atoms with E-state index in [1.807, 2.05) is 0 Å². The predicted molar refractivity (Wildman–Crippen MR) is 72.8 cm³/mol. The van der Waals surface area contributed by atoms with E-state index in [1.165, 1.54) is 32.1 Å². The average Bonchev–Trinajstić information content (AvgIpc) is 2.28. The fraction of sp³-hybridized carbons (Fsp3) is 1.00. The fourth-order valence-electron chi connectivity index (χ4n) is 1.26. The third-order valence-electron chi connectivity index (χ3n) is 2.18. The van der Waals surface area contributed by atoms with Gasteiger partial charge in [-0.1, -0.05) is 55.0 Å².